The summed E-state index contributed by atoms with van der Waals surface area (Å²) in [6.45, 7) is 4.58. The lowest BCUT2D eigenvalue weighted by molar-refractivity contribution is 0.129. The standard InChI is InChI=1S/C14H20IN3O/c1-2-17-14(16)18-9-7-11(8-10-18)19-13-6-4-3-5-12(13)15/h3-6,11H,2,7-10H2,1H3,(H2,16,17). The van der Waals surface area contributed by atoms with Crippen molar-refractivity contribution in [1.82, 2.24) is 4.90 Å². The zero-order valence-electron chi connectivity index (χ0n) is 11.2. The van der Waals surface area contributed by atoms with Crippen LogP contribution >= 0.6 is 22.6 Å². The molecule has 1 aliphatic heterocycles. The number of halogens is 1. The van der Waals surface area contributed by atoms with E-state index in [1.54, 1.807) is 0 Å². The maximum Gasteiger partial charge on any atom is 0.191 e. The van der Waals surface area contributed by atoms with E-state index in [9.17, 15) is 0 Å². The number of likely N-dealkylation sites (tertiary alicyclic amines) is 1. The van der Waals surface area contributed by atoms with Crippen molar-refractivity contribution in [3.8, 4) is 5.75 Å². The van der Waals surface area contributed by atoms with Gasteiger partial charge in [-0.3, -0.25) is 4.99 Å². The van der Waals surface area contributed by atoms with Crippen LogP contribution in [-0.4, -0.2) is 36.6 Å². The van der Waals surface area contributed by atoms with Crippen LogP contribution in [0.1, 0.15) is 19.8 Å². The van der Waals surface area contributed by atoms with Crippen molar-refractivity contribution in [1.29, 1.82) is 0 Å². The highest BCUT2D eigenvalue weighted by atomic mass is 127. The van der Waals surface area contributed by atoms with E-state index in [4.69, 9.17) is 10.5 Å². The summed E-state index contributed by atoms with van der Waals surface area (Å²) in [6, 6.07) is 8.13. The zero-order chi connectivity index (χ0) is 13.7. The Hall–Kier alpha value is -0.980. The Morgan fingerprint density at radius 2 is 2.11 bits per heavy atom. The van der Waals surface area contributed by atoms with E-state index in [1.165, 1.54) is 0 Å². The van der Waals surface area contributed by atoms with Crippen molar-refractivity contribution in [2.75, 3.05) is 19.6 Å². The highest BCUT2D eigenvalue weighted by Gasteiger charge is 2.22. The first-order valence-corrected chi connectivity index (χ1v) is 7.74. The van der Waals surface area contributed by atoms with Crippen LogP contribution in [0.25, 0.3) is 0 Å². The molecule has 0 radical (unpaired) electrons. The number of benzene rings is 1. The molecule has 0 unspecified atom stereocenters. The molecule has 0 amide bonds. The number of para-hydroxylation sites is 1. The number of ether oxygens (including phenoxy) is 1. The van der Waals surface area contributed by atoms with Crippen LogP contribution in [0.4, 0.5) is 0 Å². The second kappa shape index (κ2) is 6.98. The SMILES string of the molecule is CCN=C(N)N1CCC(Oc2ccccc2I)CC1. The maximum absolute atomic E-state index is 6.06. The smallest absolute Gasteiger partial charge is 0.191 e. The van der Waals surface area contributed by atoms with Crippen molar-refractivity contribution in [2.45, 2.75) is 25.9 Å². The van der Waals surface area contributed by atoms with Crippen molar-refractivity contribution >= 4 is 28.6 Å². The summed E-state index contributed by atoms with van der Waals surface area (Å²) in [6.07, 6.45) is 2.26. The molecule has 1 aromatic carbocycles. The number of hydrogen-bond donors (Lipinski definition) is 1. The van der Waals surface area contributed by atoms with Crippen molar-refractivity contribution in [3.05, 3.63) is 27.8 Å². The van der Waals surface area contributed by atoms with E-state index in [-0.39, 0.29) is 6.10 Å². The number of rotatable bonds is 3. The van der Waals surface area contributed by atoms with E-state index in [0.29, 0.717) is 5.96 Å². The van der Waals surface area contributed by atoms with Gasteiger partial charge in [0.1, 0.15) is 11.9 Å². The van der Waals surface area contributed by atoms with Gasteiger partial charge < -0.3 is 15.4 Å². The number of aliphatic imine (C=N–C) groups is 1. The number of nitrogens with two attached hydrogens (primary N) is 1. The van der Waals surface area contributed by atoms with Gasteiger partial charge in [0.15, 0.2) is 5.96 Å². The highest BCUT2D eigenvalue weighted by Crippen LogP contribution is 2.24. The Labute approximate surface area is 128 Å². The average Bonchev–Trinajstić information content (AvgIpc) is 2.42. The van der Waals surface area contributed by atoms with Gasteiger partial charge in [-0.05, 0) is 41.6 Å². The van der Waals surface area contributed by atoms with E-state index >= 15 is 0 Å². The molecule has 0 aliphatic carbocycles. The van der Waals surface area contributed by atoms with Gasteiger partial charge in [-0.25, -0.2) is 0 Å². The maximum atomic E-state index is 6.06. The summed E-state index contributed by atoms with van der Waals surface area (Å²) < 4.78 is 7.22. The number of guanidine groups is 1. The van der Waals surface area contributed by atoms with Crippen LogP contribution in [-0.2, 0) is 0 Å². The van der Waals surface area contributed by atoms with Crippen molar-refractivity contribution < 1.29 is 4.74 Å². The zero-order valence-corrected chi connectivity index (χ0v) is 13.3. The summed E-state index contributed by atoms with van der Waals surface area (Å²) in [5.41, 5.74) is 5.91. The lowest BCUT2D eigenvalue weighted by Gasteiger charge is -2.33. The van der Waals surface area contributed by atoms with Gasteiger partial charge in [0, 0.05) is 32.5 Å². The molecule has 0 atom stereocenters. The summed E-state index contributed by atoms with van der Waals surface area (Å²) in [7, 11) is 0. The molecule has 1 heterocycles. The fourth-order valence-electron chi connectivity index (χ4n) is 2.18. The number of piperidine rings is 1. The Morgan fingerprint density at radius 3 is 2.74 bits per heavy atom. The van der Waals surface area contributed by atoms with Gasteiger partial charge >= 0.3 is 0 Å². The molecule has 1 aromatic rings. The van der Waals surface area contributed by atoms with Crippen LogP contribution in [0.2, 0.25) is 0 Å². The topological polar surface area (TPSA) is 50.8 Å². The molecule has 5 heteroatoms. The van der Waals surface area contributed by atoms with E-state index in [2.05, 4.69) is 38.5 Å². The molecular weight excluding hydrogens is 353 g/mol. The third-order valence-electron chi connectivity index (χ3n) is 3.22. The number of hydrogen-bond acceptors (Lipinski definition) is 2. The number of nitrogens with zero attached hydrogens (tertiary/aromatic N) is 2. The second-order valence-electron chi connectivity index (χ2n) is 4.57. The van der Waals surface area contributed by atoms with Crippen LogP contribution in [0.15, 0.2) is 29.3 Å². The molecule has 2 N–H and O–H groups in total. The third kappa shape index (κ3) is 3.99. The fraction of sp³-hybridized carbons (Fsp3) is 0.500. The van der Waals surface area contributed by atoms with Crippen molar-refractivity contribution in [2.24, 2.45) is 10.7 Å². The Balaban J connectivity index is 1.87. The summed E-state index contributed by atoms with van der Waals surface area (Å²) in [4.78, 5) is 6.39. The molecule has 0 saturated carbocycles. The average molecular weight is 373 g/mol. The predicted octanol–water partition coefficient (Wildman–Crippen LogP) is 2.47. The lowest BCUT2D eigenvalue weighted by atomic mass is 10.1. The molecule has 0 spiro atoms. The molecule has 2 rings (SSSR count). The minimum Gasteiger partial charge on any atom is -0.489 e. The van der Waals surface area contributed by atoms with E-state index < -0.39 is 0 Å². The largest absolute Gasteiger partial charge is 0.489 e. The Kier molecular flexibility index (Phi) is 5.30. The summed E-state index contributed by atoms with van der Waals surface area (Å²) in [5, 5.41) is 0. The molecule has 1 aliphatic rings. The van der Waals surface area contributed by atoms with Crippen LogP contribution in [0.3, 0.4) is 0 Å². The first-order valence-electron chi connectivity index (χ1n) is 6.66. The molecule has 0 aromatic heterocycles. The molecule has 0 bridgehead atoms. The molecule has 104 valence electrons. The van der Waals surface area contributed by atoms with Gasteiger partial charge in [0.25, 0.3) is 0 Å². The van der Waals surface area contributed by atoms with Crippen LogP contribution in [0, 0.1) is 3.57 Å². The van der Waals surface area contributed by atoms with Gasteiger partial charge in [-0.1, -0.05) is 12.1 Å². The predicted molar refractivity (Wildman–Crippen MR) is 86.5 cm³/mol. The summed E-state index contributed by atoms with van der Waals surface area (Å²) in [5.74, 6) is 1.65. The lowest BCUT2D eigenvalue weighted by Crippen LogP contribution is -2.45. The van der Waals surface area contributed by atoms with Gasteiger partial charge in [-0.15, -0.1) is 0 Å². The van der Waals surface area contributed by atoms with Crippen LogP contribution < -0.4 is 10.5 Å². The minimum absolute atomic E-state index is 0.279. The normalized spacial score (nSPS) is 17.6. The first-order chi connectivity index (χ1) is 9.20. The van der Waals surface area contributed by atoms with Crippen molar-refractivity contribution in [3.63, 3.8) is 0 Å². The Bertz CT molecular complexity index is 442. The molecule has 1 fully saturated rings. The first kappa shape index (κ1) is 14.4. The Morgan fingerprint density at radius 1 is 1.42 bits per heavy atom. The molecule has 4 nitrogen and oxygen atoms in total. The fourth-order valence-corrected chi connectivity index (χ4v) is 2.70. The molecular formula is C14H20IN3O. The van der Waals surface area contributed by atoms with Gasteiger partial charge in [-0.2, -0.15) is 0 Å². The highest BCUT2D eigenvalue weighted by molar-refractivity contribution is 14.1. The van der Waals surface area contributed by atoms with Gasteiger partial charge in [0.2, 0.25) is 0 Å². The van der Waals surface area contributed by atoms with E-state index in [1.807, 2.05) is 25.1 Å². The van der Waals surface area contributed by atoms with Crippen LogP contribution in [0.5, 0.6) is 5.75 Å². The third-order valence-corrected chi connectivity index (χ3v) is 4.11. The quantitative estimate of drug-likeness (QED) is 0.503. The summed E-state index contributed by atoms with van der Waals surface area (Å²) >= 11 is 2.31. The molecule has 19 heavy (non-hydrogen) atoms. The second-order valence-corrected chi connectivity index (χ2v) is 5.73. The monoisotopic (exact) mass is 373 g/mol. The minimum atomic E-state index is 0.279. The van der Waals surface area contributed by atoms with E-state index in [0.717, 1.165) is 41.8 Å². The molecule has 1 saturated heterocycles. The van der Waals surface area contributed by atoms with Gasteiger partial charge in [0.05, 0.1) is 3.57 Å².